The van der Waals surface area contributed by atoms with Crippen LogP contribution in [0.25, 0.3) is 100 Å². The molecule has 0 saturated carbocycles. The molecule has 4 nitrogen and oxygen atoms in total. The van der Waals surface area contributed by atoms with Gasteiger partial charge in [-0.05, 0) is 237 Å². The van der Waals surface area contributed by atoms with Gasteiger partial charge < -0.3 is 19.6 Å². The van der Waals surface area contributed by atoms with Gasteiger partial charge in [0.15, 0.2) is 0 Å². The summed E-state index contributed by atoms with van der Waals surface area (Å²) < 4.78 is 0. The molecule has 0 radical (unpaired) electrons. The number of rotatable bonds is 15. The van der Waals surface area contributed by atoms with Gasteiger partial charge in [0.2, 0.25) is 0 Å². The van der Waals surface area contributed by atoms with E-state index in [1.54, 1.807) is 0 Å². The fraction of sp³-hybridized carbons (Fsp3) is 0.0164. The van der Waals surface area contributed by atoms with E-state index in [9.17, 15) is 0 Å². The molecule has 2 aliphatic carbocycles. The minimum Gasteiger partial charge on any atom is -0.310 e. The third kappa shape index (κ3) is 11.7. The molecule has 0 N–H and O–H groups in total. The Bertz CT molecular complexity index is 7350. The maximum atomic E-state index is 2.53. The van der Waals surface area contributed by atoms with E-state index in [2.05, 4.69) is 517 Å². The van der Waals surface area contributed by atoms with Crippen LogP contribution in [0, 0.1) is 0 Å². The average molecular weight is 1600 g/mol. The highest BCUT2D eigenvalue weighted by molar-refractivity contribution is 6.02. The summed E-state index contributed by atoms with van der Waals surface area (Å²) in [4.78, 5) is 9.94. The first kappa shape index (κ1) is 73.5. The first-order chi connectivity index (χ1) is 62.5. The van der Waals surface area contributed by atoms with Gasteiger partial charge in [0, 0.05) is 45.1 Å². The lowest BCUT2D eigenvalue weighted by Gasteiger charge is -2.45. The highest BCUT2D eigenvalue weighted by Gasteiger charge is 2.54. The average Bonchev–Trinajstić information content (AvgIpc) is 1.49. The number of hydrogen-bond acceptors (Lipinski definition) is 4. The van der Waals surface area contributed by atoms with Crippen LogP contribution in [0.1, 0.15) is 44.5 Å². The van der Waals surface area contributed by atoms with Crippen molar-refractivity contribution in [2.75, 3.05) is 19.6 Å². The normalized spacial score (nSPS) is 13.0. The largest absolute Gasteiger partial charge is 0.310 e. The van der Waals surface area contributed by atoms with E-state index in [4.69, 9.17) is 0 Å². The molecule has 0 fully saturated rings. The summed E-state index contributed by atoms with van der Waals surface area (Å²) in [6.07, 6.45) is 0. The Hall–Kier alpha value is -16.4. The third-order valence-corrected chi connectivity index (χ3v) is 26.7. The van der Waals surface area contributed by atoms with Crippen molar-refractivity contribution in [3.05, 3.63) is 542 Å². The van der Waals surface area contributed by atoms with Gasteiger partial charge in [-0.2, -0.15) is 0 Å². The summed E-state index contributed by atoms with van der Waals surface area (Å²) in [5.74, 6) is 0. The van der Waals surface area contributed by atoms with Crippen LogP contribution in [0.4, 0.5) is 68.2 Å². The van der Waals surface area contributed by atoms with Crippen LogP contribution in [0.5, 0.6) is 0 Å². The Balaban J connectivity index is 0.570. The molecule has 2 heterocycles. The van der Waals surface area contributed by atoms with Crippen molar-refractivity contribution in [1.82, 2.24) is 0 Å². The smallest absolute Gasteiger partial charge is 0.0755 e. The molecular weight excluding hydrogens is 1520 g/mol. The lowest BCUT2D eigenvalue weighted by atomic mass is 9.64. The zero-order chi connectivity index (χ0) is 83.2. The first-order valence-corrected chi connectivity index (χ1v) is 43.6. The molecule has 0 amide bonds. The lowest BCUT2D eigenvalue weighted by Crippen LogP contribution is -2.36. The topological polar surface area (TPSA) is 13.0 Å². The van der Waals surface area contributed by atoms with Crippen LogP contribution in [-0.4, -0.2) is 0 Å². The zero-order valence-corrected chi connectivity index (χ0v) is 69.1. The molecule has 0 bridgehead atoms. The summed E-state index contributed by atoms with van der Waals surface area (Å²) in [6.45, 7) is 0. The van der Waals surface area contributed by atoms with Crippen molar-refractivity contribution < 1.29 is 0 Å². The fourth-order valence-electron chi connectivity index (χ4n) is 21.2. The lowest BCUT2D eigenvalue weighted by molar-refractivity contribution is 0.752. The quantitative estimate of drug-likeness (QED) is 0.101. The van der Waals surface area contributed by atoms with E-state index in [0.29, 0.717) is 0 Å². The van der Waals surface area contributed by atoms with E-state index < -0.39 is 10.8 Å². The number of para-hydroxylation sites is 9. The van der Waals surface area contributed by atoms with Gasteiger partial charge in [-0.3, -0.25) is 0 Å². The third-order valence-electron chi connectivity index (χ3n) is 26.7. The van der Waals surface area contributed by atoms with Crippen molar-refractivity contribution >= 4 is 68.2 Å². The van der Waals surface area contributed by atoms with Crippen molar-refractivity contribution in [3.63, 3.8) is 0 Å². The van der Waals surface area contributed by atoms with Crippen LogP contribution in [0.2, 0.25) is 0 Å². The van der Waals surface area contributed by atoms with Gasteiger partial charge in [-0.15, -0.1) is 0 Å². The molecule has 126 heavy (non-hydrogen) atoms. The second-order valence-corrected chi connectivity index (χ2v) is 33.3. The molecular formula is C122H82N4. The van der Waals surface area contributed by atoms with E-state index in [0.717, 1.165) is 113 Å². The van der Waals surface area contributed by atoms with Crippen molar-refractivity contribution in [2.45, 2.75) is 10.8 Å². The number of nitrogens with zero attached hydrogens (tertiary/aromatic N) is 4. The van der Waals surface area contributed by atoms with E-state index in [1.807, 2.05) is 0 Å². The minimum absolute atomic E-state index is 0.615. The van der Waals surface area contributed by atoms with Gasteiger partial charge in [0.05, 0.1) is 50.6 Å². The summed E-state index contributed by atoms with van der Waals surface area (Å²) in [5, 5.41) is 0. The predicted octanol–water partition coefficient (Wildman–Crippen LogP) is 32.6. The second-order valence-electron chi connectivity index (χ2n) is 33.3. The number of anilines is 12. The van der Waals surface area contributed by atoms with E-state index >= 15 is 0 Å². The molecule has 24 rings (SSSR count). The molecule has 2 spiro atoms. The predicted molar refractivity (Wildman–Crippen MR) is 525 cm³/mol. The van der Waals surface area contributed by atoms with Crippen LogP contribution in [0.15, 0.2) is 497 Å². The van der Waals surface area contributed by atoms with Crippen molar-refractivity contribution in [2.24, 2.45) is 0 Å². The van der Waals surface area contributed by atoms with Crippen LogP contribution >= 0.6 is 0 Å². The van der Waals surface area contributed by atoms with Gasteiger partial charge in [0.1, 0.15) is 0 Å². The molecule has 0 atom stereocenters. The van der Waals surface area contributed by atoms with E-state index in [-0.39, 0.29) is 0 Å². The maximum Gasteiger partial charge on any atom is 0.0755 e. The maximum absolute atomic E-state index is 2.53. The Morgan fingerprint density at radius 1 is 0.143 bits per heavy atom. The molecule has 4 heteroatoms. The highest BCUT2D eigenvalue weighted by Crippen LogP contribution is 2.67. The summed E-state index contributed by atoms with van der Waals surface area (Å²) in [7, 11) is 0. The zero-order valence-electron chi connectivity index (χ0n) is 69.1. The summed E-state index contributed by atoms with van der Waals surface area (Å²) in [6, 6.07) is 185. The second kappa shape index (κ2) is 30.3. The van der Waals surface area contributed by atoms with Crippen LogP contribution in [0.3, 0.4) is 0 Å². The van der Waals surface area contributed by atoms with Gasteiger partial charge in [0.25, 0.3) is 0 Å². The molecule has 0 unspecified atom stereocenters. The molecule has 0 saturated heterocycles. The van der Waals surface area contributed by atoms with Gasteiger partial charge >= 0.3 is 0 Å². The minimum atomic E-state index is -0.715. The van der Waals surface area contributed by atoms with E-state index in [1.165, 1.54) is 100 Å². The van der Waals surface area contributed by atoms with Crippen molar-refractivity contribution in [1.29, 1.82) is 0 Å². The molecule has 20 aromatic rings. The molecule has 4 aliphatic rings. The number of hydrogen-bond donors (Lipinski definition) is 0. The molecule has 2 aliphatic heterocycles. The molecule has 590 valence electrons. The van der Waals surface area contributed by atoms with Crippen LogP contribution < -0.4 is 19.6 Å². The highest BCUT2D eigenvalue weighted by atomic mass is 15.2. The Morgan fingerprint density at radius 3 is 0.802 bits per heavy atom. The monoisotopic (exact) mass is 1600 g/mol. The van der Waals surface area contributed by atoms with Crippen molar-refractivity contribution in [3.8, 4) is 100 Å². The Morgan fingerprint density at radius 2 is 0.405 bits per heavy atom. The van der Waals surface area contributed by atoms with Gasteiger partial charge in [-0.25, -0.2) is 0 Å². The summed E-state index contributed by atoms with van der Waals surface area (Å²) in [5.41, 5.74) is 43.1. The first-order valence-electron chi connectivity index (χ1n) is 43.6. The molecule has 0 aromatic heterocycles. The standard InChI is InChI=1S/C122H82N4/c1-5-32-83(33-6-1)85-60-66-90(67-61-85)100-43-16-25-54-115(100)126(116-55-26-17-44-101(116)91-68-62-86(63-69-91)84-34-7-2-8-35-84)98-77-79-105-103-46-14-19-48-107(103)122(113(105)82-98)110-51-22-29-58-119(110)125(120-59-30-23-52-111(120)122)96-74-72-88(73-75-96)93-37-31-36-92(80-93)87-64-70-89(71-65-87)99-42-15-24-53-114(99)123(94-38-9-3-10-39-94)97-76-78-104-102-45-13-18-47-106(102)121(112(104)81-97)108-49-20-27-56-117(108)124(95-40-11-4-12-41-95)118-57-28-21-50-109(118)121/h1-82H. The van der Waals surface area contributed by atoms with Gasteiger partial charge in [-0.1, -0.05) is 388 Å². The van der Waals surface area contributed by atoms with Crippen LogP contribution in [-0.2, 0) is 10.8 Å². The Kier molecular flexibility index (Phi) is 17.7. The number of fused-ring (bicyclic) bond motifs is 18. The Labute approximate surface area is 735 Å². The number of benzene rings is 20. The summed E-state index contributed by atoms with van der Waals surface area (Å²) >= 11 is 0. The SMILES string of the molecule is c1ccc(-c2ccc(-c3ccccc3N(c3ccc4c(c3)C3(c5ccccc5-4)c4ccccc4N(c4ccc(-c5cccc(-c6ccc(-c7ccccc7N(c7ccccc7)c7ccc8c(c7)C7(c9ccccc9-8)c8ccccc8N(c8ccccc8)c8ccccc87)cc6)c5)cc4)c4ccccc43)c3ccccc3-c3ccc(-c4ccccc4)cc3)cc2)cc1. The fourth-order valence-corrected chi connectivity index (χ4v) is 21.2. The molecule has 20 aromatic carbocycles.